The largest absolute Gasteiger partial charge is 0.460 e. The second-order valence-corrected chi connectivity index (χ2v) is 2.73. The Balaban J connectivity index is 2.16. The van der Waals surface area contributed by atoms with Gasteiger partial charge >= 0.3 is 5.97 Å². The van der Waals surface area contributed by atoms with Crippen molar-refractivity contribution in [1.29, 1.82) is 0 Å². The fourth-order valence-corrected chi connectivity index (χ4v) is 1.05. The second-order valence-electron chi connectivity index (χ2n) is 2.73. The molecular weight excluding hydrogens is 216 g/mol. The third-order valence-electron chi connectivity index (χ3n) is 1.69. The molecule has 2 aromatic rings. The summed E-state index contributed by atoms with van der Waals surface area (Å²) in [7, 11) is 0. The molecule has 0 saturated carbocycles. The van der Waals surface area contributed by atoms with Gasteiger partial charge in [0.15, 0.2) is 5.82 Å². The Morgan fingerprint density at radius 1 is 1.62 bits per heavy atom. The van der Waals surface area contributed by atoms with Crippen molar-refractivity contribution in [2.75, 3.05) is 6.61 Å². The standard InChI is InChI=1S/C7H8N6O3/c1-2-15-7(14)6-9-11-12-13(6)3-5-8-4-16-10-5/h4H,2-3H2,1H3. The van der Waals surface area contributed by atoms with Crippen LogP contribution in [0.15, 0.2) is 10.9 Å². The van der Waals surface area contributed by atoms with E-state index in [4.69, 9.17) is 4.74 Å². The maximum Gasteiger partial charge on any atom is 0.378 e. The van der Waals surface area contributed by atoms with Crippen LogP contribution in [0.1, 0.15) is 23.4 Å². The predicted molar refractivity (Wildman–Crippen MR) is 47.2 cm³/mol. The number of rotatable bonds is 4. The third kappa shape index (κ3) is 2.02. The Morgan fingerprint density at radius 3 is 3.19 bits per heavy atom. The molecule has 2 heterocycles. The highest BCUT2D eigenvalue weighted by atomic mass is 16.5. The van der Waals surface area contributed by atoms with Crippen LogP contribution in [-0.2, 0) is 11.3 Å². The average molecular weight is 224 g/mol. The summed E-state index contributed by atoms with van der Waals surface area (Å²) in [5.74, 6) is -0.208. The zero-order valence-electron chi connectivity index (χ0n) is 8.40. The topological polar surface area (TPSA) is 109 Å². The Labute approximate surface area is 89.4 Å². The molecule has 0 aromatic carbocycles. The molecule has 9 nitrogen and oxygen atoms in total. The van der Waals surface area contributed by atoms with Gasteiger partial charge in [0.1, 0.15) is 6.54 Å². The monoisotopic (exact) mass is 224 g/mol. The molecule has 0 saturated heterocycles. The van der Waals surface area contributed by atoms with Gasteiger partial charge in [-0.05, 0) is 17.4 Å². The van der Waals surface area contributed by atoms with Gasteiger partial charge in [-0.1, -0.05) is 5.16 Å². The van der Waals surface area contributed by atoms with Crippen LogP contribution >= 0.6 is 0 Å². The van der Waals surface area contributed by atoms with Crippen molar-refractivity contribution >= 4 is 5.97 Å². The highest BCUT2D eigenvalue weighted by Gasteiger charge is 2.17. The summed E-state index contributed by atoms with van der Waals surface area (Å²) in [6, 6.07) is 0. The van der Waals surface area contributed by atoms with Gasteiger partial charge < -0.3 is 9.26 Å². The molecule has 0 unspecified atom stereocenters. The number of tetrazole rings is 1. The van der Waals surface area contributed by atoms with Gasteiger partial charge in [0, 0.05) is 0 Å². The van der Waals surface area contributed by atoms with E-state index in [0.717, 1.165) is 0 Å². The van der Waals surface area contributed by atoms with Gasteiger partial charge in [-0.3, -0.25) is 0 Å². The molecule has 0 spiro atoms. The lowest BCUT2D eigenvalue weighted by Gasteiger charge is -2.00. The van der Waals surface area contributed by atoms with Crippen LogP contribution in [0.25, 0.3) is 0 Å². The Hall–Kier alpha value is -2.32. The summed E-state index contributed by atoms with van der Waals surface area (Å²) in [4.78, 5) is 15.2. The first-order valence-corrected chi connectivity index (χ1v) is 4.49. The highest BCUT2D eigenvalue weighted by Crippen LogP contribution is 1.99. The molecule has 0 atom stereocenters. The van der Waals surface area contributed by atoms with E-state index in [1.54, 1.807) is 6.92 Å². The maximum atomic E-state index is 11.4. The van der Waals surface area contributed by atoms with E-state index in [2.05, 4.69) is 30.2 Å². The van der Waals surface area contributed by atoms with E-state index in [0.29, 0.717) is 5.82 Å². The molecule has 9 heteroatoms. The predicted octanol–water partition coefficient (Wildman–Crippen LogP) is -0.719. The molecule has 0 aliphatic rings. The fraction of sp³-hybridized carbons (Fsp3) is 0.429. The van der Waals surface area contributed by atoms with Gasteiger partial charge in [0.2, 0.25) is 6.39 Å². The van der Waals surface area contributed by atoms with Crippen molar-refractivity contribution < 1.29 is 14.1 Å². The third-order valence-corrected chi connectivity index (χ3v) is 1.69. The van der Waals surface area contributed by atoms with E-state index in [1.165, 1.54) is 11.1 Å². The smallest absolute Gasteiger partial charge is 0.378 e. The lowest BCUT2D eigenvalue weighted by atomic mass is 10.5. The summed E-state index contributed by atoms with van der Waals surface area (Å²) in [6.07, 6.45) is 1.18. The minimum Gasteiger partial charge on any atom is -0.460 e. The number of carbonyl (C=O) groups is 1. The first-order chi connectivity index (χ1) is 7.81. The zero-order chi connectivity index (χ0) is 11.4. The molecule has 2 aromatic heterocycles. The lowest BCUT2D eigenvalue weighted by Crippen LogP contribution is -2.15. The molecule has 16 heavy (non-hydrogen) atoms. The number of carbonyl (C=O) groups excluding carboxylic acids is 1. The van der Waals surface area contributed by atoms with E-state index in [9.17, 15) is 4.79 Å². The molecule has 0 fully saturated rings. The molecule has 0 N–H and O–H groups in total. The Bertz CT molecular complexity index is 464. The molecule has 84 valence electrons. The zero-order valence-corrected chi connectivity index (χ0v) is 8.40. The maximum absolute atomic E-state index is 11.4. The summed E-state index contributed by atoms with van der Waals surface area (Å²) < 4.78 is 10.6. The Kier molecular flexibility index (Phi) is 2.85. The summed E-state index contributed by atoms with van der Waals surface area (Å²) in [5, 5.41) is 14.1. The molecular formula is C7H8N6O3. The number of nitrogens with zero attached hydrogens (tertiary/aromatic N) is 6. The summed E-state index contributed by atoms with van der Waals surface area (Å²) in [6.45, 7) is 2.11. The van der Waals surface area contributed by atoms with Crippen molar-refractivity contribution in [1.82, 2.24) is 30.3 Å². The molecule has 0 bridgehead atoms. The van der Waals surface area contributed by atoms with E-state index in [1.807, 2.05) is 0 Å². The minimum absolute atomic E-state index is 0.00616. The fourth-order valence-electron chi connectivity index (χ4n) is 1.05. The van der Waals surface area contributed by atoms with E-state index < -0.39 is 5.97 Å². The van der Waals surface area contributed by atoms with Crippen LogP contribution < -0.4 is 0 Å². The van der Waals surface area contributed by atoms with Crippen molar-refractivity contribution in [3.8, 4) is 0 Å². The van der Waals surface area contributed by atoms with Crippen LogP contribution in [0.5, 0.6) is 0 Å². The number of hydrogen-bond donors (Lipinski definition) is 0. The minimum atomic E-state index is -0.587. The molecule has 0 amide bonds. The van der Waals surface area contributed by atoms with Gasteiger partial charge in [0.25, 0.3) is 5.82 Å². The second kappa shape index (κ2) is 4.47. The van der Waals surface area contributed by atoms with Crippen LogP contribution in [0.4, 0.5) is 0 Å². The van der Waals surface area contributed by atoms with Crippen molar-refractivity contribution in [2.24, 2.45) is 0 Å². The summed E-state index contributed by atoms with van der Waals surface area (Å²) in [5.41, 5.74) is 0. The number of ether oxygens (including phenoxy) is 1. The average Bonchev–Trinajstić information content (AvgIpc) is 2.90. The summed E-state index contributed by atoms with van der Waals surface area (Å²) >= 11 is 0. The Morgan fingerprint density at radius 2 is 2.50 bits per heavy atom. The van der Waals surface area contributed by atoms with Crippen LogP contribution in [-0.4, -0.2) is 42.9 Å². The number of aromatic nitrogens is 6. The number of hydrogen-bond acceptors (Lipinski definition) is 8. The molecule has 0 aliphatic heterocycles. The van der Waals surface area contributed by atoms with Crippen LogP contribution in [0.3, 0.4) is 0 Å². The normalized spacial score (nSPS) is 10.3. The van der Waals surface area contributed by atoms with Crippen molar-refractivity contribution in [3.63, 3.8) is 0 Å². The van der Waals surface area contributed by atoms with Crippen molar-refractivity contribution in [2.45, 2.75) is 13.5 Å². The van der Waals surface area contributed by atoms with Gasteiger partial charge in [-0.2, -0.15) is 4.98 Å². The molecule has 0 radical (unpaired) electrons. The van der Waals surface area contributed by atoms with Gasteiger partial charge in [-0.15, -0.1) is 5.10 Å². The number of esters is 1. The first kappa shape index (κ1) is 10.2. The quantitative estimate of drug-likeness (QED) is 0.626. The molecule has 0 aliphatic carbocycles. The van der Waals surface area contributed by atoms with E-state index in [-0.39, 0.29) is 19.0 Å². The van der Waals surface area contributed by atoms with Crippen LogP contribution in [0.2, 0.25) is 0 Å². The molecule has 2 rings (SSSR count). The first-order valence-electron chi connectivity index (χ1n) is 4.49. The van der Waals surface area contributed by atoms with Gasteiger partial charge in [-0.25, -0.2) is 9.48 Å². The SMILES string of the molecule is CCOC(=O)c1nnnn1Cc1ncon1. The van der Waals surface area contributed by atoms with Crippen molar-refractivity contribution in [3.05, 3.63) is 18.0 Å². The highest BCUT2D eigenvalue weighted by molar-refractivity contribution is 5.85. The van der Waals surface area contributed by atoms with E-state index >= 15 is 0 Å². The lowest BCUT2D eigenvalue weighted by molar-refractivity contribution is 0.0505. The van der Waals surface area contributed by atoms with Crippen LogP contribution in [0, 0.1) is 0 Å². The van der Waals surface area contributed by atoms with Gasteiger partial charge in [0.05, 0.1) is 6.61 Å².